The van der Waals surface area contributed by atoms with Crippen molar-refractivity contribution in [2.45, 2.75) is 10.9 Å². The highest BCUT2D eigenvalue weighted by atomic mass is 35.5. The first-order chi connectivity index (χ1) is 16.1. The molecule has 10 heteroatoms. The van der Waals surface area contributed by atoms with Crippen molar-refractivity contribution in [3.8, 4) is 5.75 Å². The Bertz CT molecular complexity index is 1420. The Morgan fingerprint density at radius 2 is 1.68 bits per heavy atom. The second-order valence-electron chi connectivity index (χ2n) is 7.47. The van der Waals surface area contributed by atoms with Crippen molar-refractivity contribution in [2.75, 3.05) is 12.0 Å². The van der Waals surface area contributed by atoms with Gasteiger partial charge in [-0.3, -0.25) is 14.5 Å². The Hall–Kier alpha value is -3.66. The van der Waals surface area contributed by atoms with Crippen molar-refractivity contribution in [3.05, 3.63) is 94.5 Å². The molecule has 0 spiro atoms. The van der Waals surface area contributed by atoms with E-state index in [4.69, 9.17) is 21.5 Å². The van der Waals surface area contributed by atoms with E-state index in [9.17, 15) is 23.1 Å². The topological polar surface area (TPSA) is 127 Å². The molecule has 3 N–H and O–H groups in total. The highest BCUT2D eigenvalue weighted by Gasteiger charge is 2.47. The van der Waals surface area contributed by atoms with Gasteiger partial charge in [0, 0.05) is 11.3 Å². The molecule has 1 aliphatic rings. The van der Waals surface area contributed by atoms with Crippen LogP contribution in [0.1, 0.15) is 17.2 Å². The minimum absolute atomic E-state index is 0.132. The van der Waals surface area contributed by atoms with Crippen molar-refractivity contribution in [2.24, 2.45) is 5.14 Å². The van der Waals surface area contributed by atoms with E-state index in [1.54, 1.807) is 30.3 Å². The van der Waals surface area contributed by atoms with Gasteiger partial charge in [-0.25, -0.2) is 13.6 Å². The van der Waals surface area contributed by atoms with Crippen molar-refractivity contribution in [1.29, 1.82) is 0 Å². The van der Waals surface area contributed by atoms with Crippen molar-refractivity contribution in [1.82, 2.24) is 0 Å². The molecular weight excluding hydrogens is 480 g/mol. The molecule has 8 nitrogen and oxygen atoms in total. The zero-order valence-electron chi connectivity index (χ0n) is 17.8. The first-order valence-corrected chi connectivity index (χ1v) is 11.9. The zero-order valence-corrected chi connectivity index (χ0v) is 19.4. The first-order valence-electron chi connectivity index (χ1n) is 9.96. The number of methoxy groups -OCH3 is 1. The number of halogens is 1. The van der Waals surface area contributed by atoms with Crippen LogP contribution in [0.2, 0.25) is 5.02 Å². The molecule has 1 heterocycles. The third kappa shape index (κ3) is 4.16. The number of primary sulfonamides is 1. The molecule has 0 aromatic heterocycles. The van der Waals surface area contributed by atoms with Crippen LogP contribution < -0.4 is 14.8 Å². The summed E-state index contributed by atoms with van der Waals surface area (Å²) in [5.74, 6) is -1.79. The van der Waals surface area contributed by atoms with Gasteiger partial charge in [-0.05, 0) is 48.0 Å². The molecule has 0 radical (unpaired) electrons. The zero-order chi connectivity index (χ0) is 24.6. The number of sulfonamides is 1. The van der Waals surface area contributed by atoms with E-state index in [0.29, 0.717) is 11.3 Å². The Balaban J connectivity index is 1.90. The van der Waals surface area contributed by atoms with Crippen LogP contribution in [0.4, 0.5) is 5.69 Å². The van der Waals surface area contributed by atoms with Gasteiger partial charge < -0.3 is 9.84 Å². The van der Waals surface area contributed by atoms with Gasteiger partial charge in [-0.2, -0.15) is 0 Å². The fourth-order valence-corrected chi connectivity index (χ4v) is 4.59. The third-order valence-electron chi connectivity index (χ3n) is 5.43. The molecule has 0 saturated carbocycles. The molecule has 0 bridgehead atoms. The van der Waals surface area contributed by atoms with E-state index >= 15 is 0 Å². The van der Waals surface area contributed by atoms with Crippen molar-refractivity contribution in [3.63, 3.8) is 0 Å². The van der Waals surface area contributed by atoms with Gasteiger partial charge in [-0.15, -0.1) is 0 Å². The second kappa shape index (κ2) is 8.94. The van der Waals surface area contributed by atoms with Crippen LogP contribution in [0.3, 0.4) is 0 Å². The van der Waals surface area contributed by atoms with Gasteiger partial charge in [0.25, 0.3) is 11.7 Å². The molecule has 0 aliphatic carbocycles. The molecule has 3 aromatic rings. The Labute approximate surface area is 200 Å². The van der Waals surface area contributed by atoms with Crippen molar-refractivity contribution >= 4 is 44.8 Å². The van der Waals surface area contributed by atoms with Crippen molar-refractivity contribution < 1.29 is 27.9 Å². The van der Waals surface area contributed by atoms with E-state index in [2.05, 4.69) is 0 Å². The SMILES string of the molecule is COc1ccc(/C(O)=C2\C(=O)C(=O)N(c3ccc(S(N)(=O)=O)cc3)C2c2ccccc2)cc1Cl. The number of Topliss-reactive ketones (excluding diaryl/α,β-unsaturated/α-hetero) is 1. The summed E-state index contributed by atoms with van der Waals surface area (Å²) < 4.78 is 28.4. The predicted molar refractivity (Wildman–Crippen MR) is 127 cm³/mol. The number of carbonyl (C=O) groups excluding carboxylic acids is 2. The number of ether oxygens (including phenoxy) is 1. The number of ketones is 1. The van der Waals surface area contributed by atoms with Crippen LogP contribution >= 0.6 is 11.6 Å². The van der Waals surface area contributed by atoms with Crippen LogP contribution in [-0.4, -0.2) is 32.3 Å². The lowest BCUT2D eigenvalue weighted by atomic mass is 9.95. The number of amides is 1. The highest BCUT2D eigenvalue weighted by Crippen LogP contribution is 2.42. The summed E-state index contributed by atoms with van der Waals surface area (Å²) in [6.45, 7) is 0. The summed E-state index contributed by atoms with van der Waals surface area (Å²) in [6.07, 6.45) is 0. The molecular formula is C24H19ClN2O6S. The molecule has 174 valence electrons. The Morgan fingerprint density at radius 1 is 1.03 bits per heavy atom. The van der Waals surface area contributed by atoms with Crippen LogP contribution in [0.15, 0.2) is 83.3 Å². The standard InChI is InChI=1S/C24H19ClN2O6S/c1-33-19-12-7-15(13-18(19)25)22(28)20-21(14-5-3-2-4-6-14)27(24(30)23(20)29)16-8-10-17(11-9-16)34(26,31)32/h2-13,21,28H,1H3,(H2,26,31,32)/b22-20+. The largest absolute Gasteiger partial charge is 0.507 e. The number of benzene rings is 3. The van der Waals surface area contributed by atoms with Gasteiger partial charge in [0.05, 0.1) is 28.6 Å². The number of hydrogen-bond acceptors (Lipinski definition) is 6. The predicted octanol–water partition coefficient (Wildman–Crippen LogP) is 3.62. The summed E-state index contributed by atoms with van der Waals surface area (Å²) in [6, 6.07) is 17.5. The third-order valence-corrected chi connectivity index (χ3v) is 6.65. The summed E-state index contributed by atoms with van der Waals surface area (Å²) in [5, 5.41) is 16.5. The molecule has 1 aliphatic heterocycles. The van der Waals surface area contributed by atoms with Crippen LogP contribution in [0.5, 0.6) is 5.75 Å². The number of nitrogens with two attached hydrogens (primary N) is 1. The number of aliphatic hydroxyl groups is 1. The average molecular weight is 499 g/mol. The van der Waals surface area contributed by atoms with Gasteiger partial charge in [0.15, 0.2) is 0 Å². The number of carbonyl (C=O) groups is 2. The number of anilines is 1. The summed E-state index contributed by atoms with van der Waals surface area (Å²) >= 11 is 6.19. The minimum atomic E-state index is -3.95. The lowest BCUT2D eigenvalue weighted by Gasteiger charge is -2.25. The van der Waals surface area contributed by atoms with Crippen LogP contribution in [0, 0.1) is 0 Å². The normalized spacial score (nSPS) is 17.7. The van der Waals surface area contributed by atoms with E-state index in [1.165, 1.54) is 54.5 Å². The fourth-order valence-electron chi connectivity index (χ4n) is 3.82. The Morgan fingerprint density at radius 3 is 2.24 bits per heavy atom. The molecule has 1 amide bonds. The second-order valence-corrected chi connectivity index (χ2v) is 9.44. The highest BCUT2D eigenvalue weighted by molar-refractivity contribution is 7.89. The summed E-state index contributed by atoms with van der Waals surface area (Å²) in [4.78, 5) is 27.3. The fraction of sp³-hybridized carbons (Fsp3) is 0.0833. The molecule has 1 atom stereocenters. The molecule has 34 heavy (non-hydrogen) atoms. The number of rotatable bonds is 5. The first kappa shape index (κ1) is 23.5. The number of nitrogens with zero attached hydrogens (tertiary/aromatic N) is 1. The maximum absolute atomic E-state index is 13.1. The maximum Gasteiger partial charge on any atom is 0.300 e. The molecule has 4 rings (SSSR count). The lowest BCUT2D eigenvalue weighted by molar-refractivity contribution is -0.132. The average Bonchev–Trinajstić information content (AvgIpc) is 3.09. The Kier molecular flexibility index (Phi) is 6.18. The lowest BCUT2D eigenvalue weighted by Crippen LogP contribution is -2.29. The van der Waals surface area contributed by atoms with E-state index in [-0.39, 0.29) is 26.7 Å². The number of aliphatic hydroxyl groups excluding tert-OH is 1. The van der Waals surface area contributed by atoms with Gasteiger partial charge in [0.1, 0.15) is 11.5 Å². The minimum Gasteiger partial charge on any atom is -0.507 e. The maximum atomic E-state index is 13.1. The van der Waals surface area contributed by atoms with Crippen LogP contribution in [-0.2, 0) is 19.6 Å². The van der Waals surface area contributed by atoms with Gasteiger partial charge >= 0.3 is 0 Å². The molecule has 3 aromatic carbocycles. The van der Waals surface area contributed by atoms with E-state index < -0.39 is 33.5 Å². The van der Waals surface area contributed by atoms with E-state index in [0.717, 1.165) is 0 Å². The van der Waals surface area contributed by atoms with Gasteiger partial charge in [0.2, 0.25) is 10.0 Å². The van der Waals surface area contributed by atoms with Crippen LogP contribution in [0.25, 0.3) is 5.76 Å². The monoisotopic (exact) mass is 498 g/mol. The molecule has 1 unspecified atom stereocenters. The summed E-state index contributed by atoms with van der Waals surface area (Å²) in [7, 11) is -2.50. The molecule has 1 fully saturated rings. The van der Waals surface area contributed by atoms with E-state index in [1.807, 2.05) is 0 Å². The summed E-state index contributed by atoms with van der Waals surface area (Å²) in [5.41, 5.74) is 0.927. The molecule has 1 saturated heterocycles. The number of hydrogen-bond donors (Lipinski definition) is 2. The quantitative estimate of drug-likeness (QED) is 0.314. The smallest absolute Gasteiger partial charge is 0.300 e. The van der Waals surface area contributed by atoms with Gasteiger partial charge in [-0.1, -0.05) is 41.9 Å².